The van der Waals surface area contributed by atoms with Crippen LogP contribution in [0.2, 0.25) is 5.02 Å². The molecule has 1 fully saturated rings. The molecule has 2 rings (SSSR count). The molecule has 1 aromatic carbocycles. The average molecular weight is 367 g/mol. The van der Waals surface area contributed by atoms with Crippen LogP contribution in [0.25, 0.3) is 0 Å². The number of rotatable bonds is 7. The van der Waals surface area contributed by atoms with Gasteiger partial charge in [0, 0.05) is 31.5 Å². The van der Waals surface area contributed by atoms with Crippen molar-refractivity contribution < 1.29 is 14.3 Å². The largest absolute Gasteiger partial charge is 0.492 e. The molecule has 0 aliphatic carbocycles. The standard InChI is InChI=1S/C19H27ClN2O3/c1-14(2)19(24)22-11-9-15(10-12-22)21-18(23)8-5-13-25-17-7-4-3-6-16(17)20/h3-4,6-7,14-15H,5,8-13H2,1-2H3,(H,21,23). The molecular formula is C19H27ClN2O3. The molecule has 1 saturated heterocycles. The van der Waals surface area contributed by atoms with E-state index in [-0.39, 0.29) is 23.8 Å². The Morgan fingerprint density at radius 3 is 2.60 bits per heavy atom. The van der Waals surface area contributed by atoms with E-state index in [1.54, 1.807) is 6.07 Å². The van der Waals surface area contributed by atoms with E-state index in [9.17, 15) is 9.59 Å². The summed E-state index contributed by atoms with van der Waals surface area (Å²) in [5.74, 6) is 0.911. The van der Waals surface area contributed by atoms with Crippen LogP contribution in [0.15, 0.2) is 24.3 Å². The molecule has 138 valence electrons. The summed E-state index contributed by atoms with van der Waals surface area (Å²) in [7, 11) is 0. The molecule has 1 aromatic rings. The van der Waals surface area contributed by atoms with Gasteiger partial charge in [0.1, 0.15) is 5.75 Å². The van der Waals surface area contributed by atoms with Gasteiger partial charge >= 0.3 is 0 Å². The summed E-state index contributed by atoms with van der Waals surface area (Å²) in [6, 6.07) is 7.47. The maximum Gasteiger partial charge on any atom is 0.225 e. The van der Waals surface area contributed by atoms with E-state index in [1.165, 1.54) is 0 Å². The van der Waals surface area contributed by atoms with Crippen molar-refractivity contribution in [3.8, 4) is 5.75 Å². The zero-order valence-electron chi connectivity index (χ0n) is 15.0. The number of hydrogen-bond donors (Lipinski definition) is 1. The normalized spacial score (nSPS) is 15.3. The van der Waals surface area contributed by atoms with E-state index in [0.717, 1.165) is 25.9 Å². The Labute approximate surface area is 154 Å². The van der Waals surface area contributed by atoms with Gasteiger partial charge in [-0.2, -0.15) is 0 Å². The fraction of sp³-hybridized carbons (Fsp3) is 0.579. The quantitative estimate of drug-likeness (QED) is 0.753. The molecule has 25 heavy (non-hydrogen) atoms. The number of hydrogen-bond acceptors (Lipinski definition) is 3. The van der Waals surface area contributed by atoms with Crippen LogP contribution < -0.4 is 10.1 Å². The molecule has 5 nitrogen and oxygen atoms in total. The number of piperidine rings is 1. The Kier molecular flexibility index (Phi) is 7.56. The Morgan fingerprint density at radius 2 is 1.96 bits per heavy atom. The van der Waals surface area contributed by atoms with E-state index in [4.69, 9.17) is 16.3 Å². The second kappa shape index (κ2) is 9.66. The highest BCUT2D eigenvalue weighted by molar-refractivity contribution is 6.32. The second-order valence-electron chi connectivity index (χ2n) is 6.70. The van der Waals surface area contributed by atoms with Crippen LogP contribution in [-0.4, -0.2) is 42.5 Å². The summed E-state index contributed by atoms with van der Waals surface area (Å²) in [4.78, 5) is 25.9. The van der Waals surface area contributed by atoms with E-state index >= 15 is 0 Å². The van der Waals surface area contributed by atoms with Crippen molar-refractivity contribution in [1.29, 1.82) is 0 Å². The first kappa shape index (κ1) is 19.6. The number of para-hydroxylation sites is 1. The third kappa shape index (κ3) is 6.24. The van der Waals surface area contributed by atoms with E-state index < -0.39 is 0 Å². The first-order valence-corrected chi connectivity index (χ1v) is 9.30. The molecule has 2 amide bonds. The summed E-state index contributed by atoms with van der Waals surface area (Å²) in [5, 5.41) is 3.64. The maximum absolute atomic E-state index is 12.0. The third-order valence-corrected chi connectivity index (χ3v) is 4.62. The predicted octanol–water partition coefficient (Wildman–Crippen LogP) is 3.26. The molecule has 1 N–H and O–H groups in total. The minimum atomic E-state index is 0.0317. The number of carbonyl (C=O) groups is 2. The van der Waals surface area contributed by atoms with Crippen molar-refractivity contribution in [3.63, 3.8) is 0 Å². The van der Waals surface area contributed by atoms with Crippen molar-refractivity contribution in [2.45, 2.75) is 45.6 Å². The number of nitrogens with zero attached hydrogens (tertiary/aromatic N) is 1. The molecule has 0 saturated carbocycles. The van der Waals surface area contributed by atoms with Crippen molar-refractivity contribution in [2.75, 3.05) is 19.7 Å². The average Bonchev–Trinajstić information content (AvgIpc) is 2.60. The molecule has 1 aliphatic rings. The van der Waals surface area contributed by atoms with Crippen molar-refractivity contribution in [2.24, 2.45) is 5.92 Å². The zero-order valence-corrected chi connectivity index (χ0v) is 15.7. The molecule has 0 atom stereocenters. The lowest BCUT2D eigenvalue weighted by Gasteiger charge is -2.33. The Bertz CT molecular complexity index is 584. The van der Waals surface area contributed by atoms with Crippen LogP contribution in [0.1, 0.15) is 39.5 Å². The molecule has 1 heterocycles. The summed E-state index contributed by atoms with van der Waals surface area (Å²) in [6.45, 7) is 5.73. The topological polar surface area (TPSA) is 58.6 Å². The molecule has 1 aliphatic heterocycles. The summed E-state index contributed by atoms with van der Waals surface area (Å²) in [6.07, 6.45) is 2.71. The highest BCUT2D eigenvalue weighted by atomic mass is 35.5. The van der Waals surface area contributed by atoms with E-state index in [0.29, 0.717) is 30.2 Å². The molecule has 0 unspecified atom stereocenters. The van der Waals surface area contributed by atoms with Gasteiger partial charge in [-0.1, -0.05) is 37.6 Å². The third-order valence-electron chi connectivity index (χ3n) is 4.31. The number of ether oxygens (including phenoxy) is 1. The first-order valence-electron chi connectivity index (χ1n) is 8.93. The van der Waals surface area contributed by atoms with Gasteiger partial charge in [0.25, 0.3) is 0 Å². The van der Waals surface area contributed by atoms with Crippen LogP contribution in [0.4, 0.5) is 0 Å². The van der Waals surface area contributed by atoms with Crippen LogP contribution in [0.5, 0.6) is 5.75 Å². The van der Waals surface area contributed by atoms with Gasteiger partial charge in [-0.15, -0.1) is 0 Å². The van der Waals surface area contributed by atoms with E-state index in [2.05, 4.69) is 5.32 Å². The zero-order chi connectivity index (χ0) is 18.2. The van der Waals surface area contributed by atoms with Gasteiger partial charge in [-0.05, 0) is 31.4 Å². The monoisotopic (exact) mass is 366 g/mol. The van der Waals surface area contributed by atoms with Gasteiger partial charge < -0.3 is 15.0 Å². The smallest absolute Gasteiger partial charge is 0.225 e. The van der Waals surface area contributed by atoms with Crippen LogP contribution >= 0.6 is 11.6 Å². The van der Waals surface area contributed by atoms with Gasteiger partial charge in [-0.25, -0.2) is 0 Å². The van der Waals surface area contributed by atoms with Crippen LogP contribution in [0.3, 0.4) is 0 Å². The molecule has 6 heteroatoms. The number of carbonyl (C=O) groups excluding carboxylic acids is 2. The minimum Gasteiger partial charge on any atom is -0.492 e. The van der Waals surface area contributed by atoms with Crippen molar-refractivity contribution in [3.05, 3.63) is 29.3 Å². The van der Waals surface area contributed by atoms with Crippen LogP contribution in [-0.2, 0) is 9.59 Å². The lowest BCUT2D eigenvalue weighted by molar-refractivity contribution is -0.135. The fourth-order valence-electron chi connectivity index (χ4n) is 2.89. The second-order valence-corrected chi connectivity index (χ2v) is 7.11. The van der Waals surface area contributed by atoms with Gasteiger partial charge in [0.15, 0.2) is 0 Å². The number of nitrogens with one attached hydrogen (secondary N) is 1. The Hall–Kier alpha value is -1.75. The lowest BCUT2D eigenvalue weighted by atomic mass is 10.0. The van der Waals surface area contributed by atoms with Gasteiger partial charge in [-0.3, -0.25) is 9.59 Å². The number of benzene rings is 1. The Morgan fingerprint density at radius 1 is 1.28 bits per heavy atom. The highest BCUT2D eigenvalue weighted by Gasteiger charge is 2.24. The summed E-state index contributed by atoms with van der Waals surface area (Å²) >= 11 is 6.02. The molecule has 0 spiro atoms. The highest BCUT2D eigenvalue weighted by Crippen LogP contribution is 2.23. The molecular weight excluding hydrogens is 340 g/mol. The lowest BCUT2D eigenvalue weighted by Crippen LogP contribution is -2.47. The molecule has 0 aromatic heterocycles. The van der Waals surface area contributed by atoms with Crippen molar-refractivity contribution in [1.82, 2.24) is 10.2 Å². The van der Waals surface area contributed by atoms with Crippen LogP contribution in [0, 0.1) is 5.92 Å². The van der Waals surface area contributed by atoms with Crippen molar-refractivity contribution >= 4 is 23.4 Å². The number of halogens is 1. The first-order chi connectivity index (χ1) is 12.0. The molecule has 0 bridgehead atoms. The summed E-state index contributed by atoms with van der Waals surface area (Å²) in [5.41, 5.74) is 0. The van der Waals surface area contributed by atoms with Gasteiger partial charge in [0.05, 0.1) is 11.6 Å². The minimum absolute atomic E-state index is 0.0317. The molecule has 0 radical (unpaired) electrons. The summed E-state index contributed by atoms with van der Waals surface area (Å²) < 4.78 is 5.58. The van der Waals surface area contributed by atoms with Gasteiger partial charge in [0.2, 0.25) is 11.8 Å². The SMILES string of the molecule is CC(C)C(=O)N1CCC(NC(=O)CCCOc2ccccc2Cl)CC1. The Balaban J connectivity index is 1.61. The maximum atomic E-state index is 12.0. The fourth-order valence-corrected chi connectivity index (χ4v) is 3.08. The predicted molar refractivity (Wildman–Crippen MR) is 98.8 cm³/mol. The number of amides is 2. The number of likely N-dealkylation sites (tertiary alicyclic amines) is 1. The van der Waals surface area contributed by atoms with E-state index in [1.807, 2.05) is 36.9 Å².